The van der Waals surface area contributed by atoms with E-state index in [9.17, 15) is 29.7 Å². The molecule has 0 bridgehead atoms. The quantitative estimate of drug-likeness (QED) is 0.119. The Morgan fingerprint density at radius 2 is 0.671 bits per heavy atom. The van der Waals surface area contributed by atoms with Gasteiger partial charge < -0.3 is 15.3 Å². The van der Waals surface area contributed by atoms with Crippen molar-refractivity contribution in [1.29, 1.82) is 0 Å². The highest BCUT2D eigenvalue weighted by Crippen LogP contribution is 2.38. The van der Waals surface area contributed by atoms with Gasteiger partial charge in [-0.05, 0) is 126 Å². The van der Waals surface area contributed by atoms with Crippen LogP contribution in [0.1, 0.15) is 31.1 Å². The fourth-order valence-electron chi connectivity index (χ4n) is 8.64. The van der Waals surface area contributed by atoms with E-state index >= 15 is 0 Å². The molecular weight excluding hydrogens is 1330 g/mol. The summed E-state index contributed by atoms with van der Waals surface area (Å²) in [6.07, 6.45) is 4.79. The lowest BCUT2D eigenvalue weighted by Crippen LogP contribution is -2.01. The number of pyridine rings is 3. The number of carboxylic acids is 3. The number of aromatic nitrogens is 6. The van der Waals surface area contributed by atoms with Gasteiger partial charge in [0.1, 0.15) is 11.3 Å². The number of rotatable bonds is 9. The van der Waals surface area contributed by atoms with Crippen molar-refractivity contribution in [3.63, 3.8) is 0 Å². The zero-order valence-electron chi connectivity index (χ0n) is 40.4. The molecule has 19 heteroatoms. The van der Waals surface area contributed by atoms with Gasteiger partial charge in [0.2, 0.25) is 0 Å². The maximum Gasteiger partial charge on any atom is 0.337 e. The van der Waals surface area contributed by atoms with E-state index < -0.39 is 17.9 Å². The first kappa shape index (κ1) is 55.0. The average molecular weight is 1360 g/mol. The zero-order valence-corrected chi connectivity index (χ0v) is 48.7. The molecule has 0 radical (unpaired) electrons. The summed E-state index contributed by atoms with van der Waals surface area (Å²) in [5.74, 6) is -2.94. The molecule has 12 nitrogen and oxygen atoms in total. The molecule has 0 spiro atoms. The third kappa shape index (κ3) is 12.0. The summed E-state index contributed by atoms with van der Waals surface area (Å²) in [6, 6.07) is 53.5. The van der Waals surface area contributed by atoms with Crippen molar-refractivity contribution in [2.75, 3.05) is 0 Å². The molecule has 6 heterocycles. The summed E-state index contributed by atoms with van der Waals surface area (Å²) in [6.45, 7) is 0. The number of halogens is 7. The maximum atomic E-state index is 11.5. The molecule has 12 aromatic rings. The number of benzene rings is 6. The van der Waals surface area contributed by atoms with Gasteiger partial charge in [0.15, 0.2) is 5.65 Å². The molecule has 6 aromatic carbocycles. The molecule has 0 saturated heterocycles. The van der Waals surface area contributed by atoms with Crippen molar-refractivity contribution in [2.45, 2.75) is 0 Å². The predicted molar refractivity (Wildman–Crippen MR) is 327 cm³/mol. The molecule has 0 aliphatic heterocycles. The SMILES string of the molecule is O=C(O)c1cc(I)c2nc(-c3ccc(Cl)cc3)c(-c3ccc(Cl)cc3)n2c1.O=C(O)c1ccc2nc(-c3ccc(Br)cc3)c(-c3ccc(Cl)cc3)n2c1.O=C(O)c1ccc2nc(-c3ccc(Cl)cc3)c(-c3ccc(Br)cc3)n2c1. The molecule has 0 aliphatic rings. The molecule has 0 atom stereocenters. The van der Waals surface area contributed by atoms with Gasteiger partial charge in [0.05, 0.1) is 54.4 Å². The van der Waals surface area contributed by atoms with Gasteiger partial charge in [-0.1, -0.05) is 151 Å². The van der Waals surface area contributed by atoms with Crippen LogP contribution in [0.25, 0.3) is 84.5 Å². The number of hydrogen-bond donors (Lipinski definition) is 3. The highest BCUT2D eigenvalue weighted by molar-refractivity contribution is 14.1. The number of fused-ring (bicyclic) bond motifs is 3. The van der Waals surface area contributed by atoms with Gasteiger partial charge >= 0.3 is 17.9 Å². The molecule has 0 unspecified atom stereocenters. The molecule has 12 rings (SSSR count). The van der Waals surface area contributed by atoms with Crippen molar-refractivity contribution >= 4 is 136 Å². The van der Waals surface area contributed by atoms with Crippen molar-refractivity contribution in [1.82, 2.24) is 28.2 Å². The van der Waals surface area contributed by atoms with Crippen LogP contribution in [-0.4, -0.2) is 61.4 Å². The van der Waals surface area contributed by atoms with Crippen LogP contribution in [-0.2, 0) is 0 Å². The Bertz CT molecular complexity index is 4110. The molecule has 6 aromatic heterocycles. The Labute approximate surface area is 500 Å². The second-order valence-corrected chi connectivity index (χ2v) is 22.2. The summed E-state index contributed by atoms with van der Waals surface area (Å²) in [5.41, 5.74) is 12.9. The molecule has 0 fully saturated rings. The lowest BCUT2D eigenvalue weighted by molar-refractivity contribution is 0.0685. The second kappa shape index (κ2) is 23.5. The molecule has 3 N–H and O–H groups in total. The monoisotopic (exact) mass is 1360 g/mol. The Kier molecular flexibility index (Phi) is 16.4. The van der Waals surface area contributed by atoms with Crippen LogP contribution in [0.15, 0.2) is 203 Å². The van der Waals surface area contributed by atoms with Crippen LogP contribution < -0.4 is 0 Å². The lowest BCUT2D eigenvalue weighted by Gasteiger charge is -2.07. The fourth-order valence-corrected chi connectivity index (χ4v) is 10.4. The molecule has 79 heavy (non-hydrogen) atoms. The van der Waals surface area contributed by atoms with E-state index in [-0.39, 0.29) is 16.7 Å². The zero-order chi connectivity index (χ0) is 55.6. The van der Waals surface area contributed by atoms with Crippen LogP contribution in [0.4, 0.5) is 0 Å². The third-order valence-electron chi connectivity index (χ3n) is 12.4. The van der Waals surface area contributed by atoms with Crippen molar-refractivity contribution < 1.29 is 29.7 Å². The third-order valence-corrected chi connectivity index (χ3v) is 15.2. The number of aromatic carboxylic acids is 3. The first-order chi connectivity index (χ1) is 38.0. The van der Waals surface area contributed by atoms with Crippen molar-refractivity contribution in [3.05, 3.63) is 244 Å². The topological polar surface area (TPSA) is 164 Å². The number of hydrogen-bond acceptors (Lipinski definition) is 6. The van der Waals surface area contributed by atoms with E-state index in [2.05, 4.69) is 54.5 Å². The van der Waals surface area contributed by atoms with Gasteiger partial charge in [0, 0.05) is 81.0 Å². The molecule has 0 amide bonds. The van der Waals surface area contributed by atoms with E-state index in [4.69, 9.17) is 61.4 Å². The van der Waals surface area contributed by atoms with Crippen LogP contribution >= 0.6 is 101 Å². The number of imidazole rings is 3. The van der Waals surface area contributed by atoms with Gasteiger partial charge in [-0.25, -0.2) is 29.3 Å². The summed E-state index contributed by atoms with van der Waals surface area (Å²) < 4.78 is 8.14. The van der Waals surface area contributed by atoms with E-state index in [1.165, 1.54) is 0 Å². The molecule has 390 valence electrons. The molecule has 0 aliphatic carbocycles. The lowest BCUT2D eigenvalue weighted by atomic mass is 10.0. The van der Waals surface area contributed by atoms with E-state index in [0.717, 1.165) is 80.1 Å². The minimum absolute atomic E-state index is 0.196. The first-order valence-electron chi connectivity index (χ1n) is 23.5. The van der Waals surface area contributed by atoms with Crippen molar-refractivity contribution in [2.24, 2.45) is 0 Å². The minimum Gasteiger partial charge on any atom is -0.478 e. The average Bonchev–Trinajstić information content (AvgIpc) is 4.36. The van der Waals surface area contributed by atoms with Crippen LogP contribution in [0.2, 0.25) is 20.1 Å². The minimum atomic E-state index is -0.987. The summed E-state index contributed by atoms with van der Waals surface area (Å²) in [5, 5.41) is 30.7. The maximum absolute atomic E-state index is 11.5. The Balaban J connectivity index is 0.000000134. The van der Waals surface area contributed by atoms with Gasteiger partial charge in [0.25, 0.3) is 0 Å². The first-order valence-corrected chi connectivity index (χ1v) is 27.7. The number of carboxylic acid groups (broad SMARTS) is 3. The Morgan fingerprint density at radius 3 is 1.03 bits per heavy atom. The standard InChI is InChI=1S/2C20H12BrClN2O2.C20H11Cl2IN2O2/c21-15-6-1-13(2-7-15)19-18(12-3-8-16(22)9-4-12)23-17-10-5-14(20(25)26)11-24(17)19;21-15-6-1-12(2-7-15)18-19(13-3-8-16(22)9-4-13)24-11-14(20(25)26)5-10-17(24)23-18;21-14-5-1-11(2-6-14)17-18(12-3-7-15(22)8-4-12)25-10-13(20(26)27)9-16(23)19(25)24-17/h2*1-11H,(H,25,26);1-10H,(H,26,27). The number of carbonyl (C=O) groups is 3. The van der Waals surface area contributed by atoms with Crippen LogP contribution in [0.3, 0.4) is 0 Å². The fraction of sp³-hybridized carbons (Fsp3) is 0. The predicted octanol–water partition coefficient (Wildman–Crippen LogP) is 17.8. The largest absolute Gasteiger partial charge is 0.478 e. The summed E-state index contributed by atoms with van der Waals surface area (Å²) >= 11 is 33.1. The molecule has 0 saturated carbocycles. The van der Waals surface area contributed by atoms with Gasteiger partial charge in [-0.15, -0.1) is 0 Å². The summed E-state index contributed by atoms with van der Waals surface area (Å²) in [4.78, 5) is 48.6. The van der Waals surface area contributed by atoms with Gasteiger partial charge in [-0.3, -0.25) is 13.2 Å². The van der Waals surface area contributed by atoms with Crippen LogP contribution in [0, 0.1) is 3.57 Å². The van der Waals surface area contributed by atoms with E-state index in [0.29, 0.717) is 37.0 Å². The van der Waals surface area contributed by atoms with Crippen molar-refractivity contribution in [3.8, 4) is 67.5 Å². The highest BCUT2D eigenvalue weighted by atomic mass is 127. The van der Waals surface area contributed by atoms with Crippen LogP contribution in [0.5, 0.6) is 0 Å². The Hall–Kier alpha value is -7.35. The van der Waals surface area contributed by atoms with Gasteiger partial charge in [-0.2, -0.15) is 0 Å². The second-order valence-electron chi connectivity index (χ2n) is 17.4. The smallest absolute Gasteiger partial charge is 0.337 e. The number of nitrogens with zero attached hydrogens (tertiary/aromatic N) is 6. The molecular formula is C60H35Br2Cl4IN6O6. The summed E-state index contributed by atoms with van der Waals surface area (Å²) in [7, 11) is 0. The van der Waals surface area contributed by atoms with E-state index in [1.807, 2.05) is 135 Å². The normalized spacial score (nSPS) is 11.0. The van der Waals surface area contributed by atoms with E-state index in [1.54, 1.807) is 73.2 Å². The highest BCUT2D eigenvalue weighted by Gasteiger charge is 2.22. The Morgan fingerprint density at radius 1 is 0.380 bits per heavy atom.